The highest BCUT2D eigenvalue weighted by atomic mass is 32.2. The Balaban J connectivity index is 0.000000517. The van der Waals surface area contributed by atoms with Gasteiger partial charge in [-0.1, -0.05) is 29.5 Å². The van der Waals surface area contributed by atoms with Crippen molar-refractivity contribution < 1.29 is 31.5 Å². The van der Waals surface area contributed by atoms with Crippen molar-refractivity contribution >= 4 is 27.1 Å². The number of rotatable bonds is 5. The summed E-state index contributed by atoms with van der Waals surface area (Å²) < 4.78 is 57.9. The SMILES string of the molecule is Cc1nnn2c1-c1ccc(C3=CCN(C(C)C)CC3)cc1C(Nc1cccc(S(C)(=O)=O)c1)CC2.O=C(O)C(F)(F)F. The molecule has 2 aliphatic heterocycles. The molecule has 0 amide bonds. The number of carbonyl (C=O) groups is 1. The third kappa shape index (κ3) is 7.19. The van der Waals surface area contributed by atoms with Gasteiger partial charge < -0.3 is 10.4 Å². The Kier molecular flexibility index (Phi) is 9.12. The van der Waals surface area contributed by atoms with Crippen LogP contribution in [-0.2, 0) is 21.2 Å². The number of aromatic nitrogens is 3. The third-order valence-electron chi connectivity index (χ3n) is 7.40. The van der Waals surface area contributed by atoms with Gasteiger partial charge in [0.15, 0.2) is 9.84 Å². The molecule has 2 N–H and O–H groups in total. The van der Waals surface area contributed by atoms with E-state index in [4.69, 9.17) is 9.90 Å². The largest absolute Gasteiger partial charge is 0.490 e. The number of anilines is 1. The lowest BCUT2D eigenvalue weighted by Crippen LogP contribution is -2.34. The fraction of sp³-hybridized carbons (Fsp3) is 0.414. The molecule has 0 fully saturated rings. The molecule has 0 aliphatic carbocycles. The Morgan fingerprint density at radius 3 is 2.45 bits per heavy atom. The van der Waals surface area contributed by atoms with Gasteiger partial charge in [-0.3, -0.25) is 4.90 Å². The topological polar surface area (TPSA) is 117 Å². The zero-order valence-electron chi connectivity index (χ0n) is 23.8. The van der Waals surface area contributed by atoms with Gasteiger partial charge in [0.1, 0.15) is 0 Å². The summed E-state index contributed by atoms with van der Waals surface area (Å²) in [7, 11) is -3.28. The number of benzene rings is 2. The number of fused-ring (bicyclic) bond motifs is 3. The Morgan fingerprint density at radius 2 is 1.86 bits per heavy atom. The Hall–Kier alpha value is -3.71. The molecule has 0 saturated carbocycles. The normalized spacial score (nSPS) is 17.3. The van der Waals surface area contributed by atoms with Gasteiger partial charge in [-0.2, -0.15) is 13.2 Å². The minimum Gasteiger partial charge on any atom is -0.475 e. The second-order valence-electron chi connectivity index (χ2n) is 10.7. The summed E-state index contributed by atoms with van der Waals surface area (Å²) in [6, 6.07) is 14.4. The maximum Gasteiger partial charge on any atom is 0.490 e. The Bertz CT molecular complexity index is 1600. The lowest BCUT2D eigenvalue weighted by atomic mass is 9.90. The van der Waals surface area contributed by atoms with Gasteiger partial charge in [-0.05, 0) is 74.6 Å². The summed E-state index contributed by atoms with van der Waals surface area (Å²) in [5.74, 6) is -2.76. The quantitative estimate of drug-likeness (QED) is 0.400. The predicted molar refractivity (Wildman–Crippen MR) is 154 cm³/mol. The van der Waals surface area contributed by atoms with Gasteiger partial charge in [-0.15, -0.1) is 5.10 Å². The first-order valence-electron chi connectivity index (χ1n) is 13.5. The van der Waals surface area contributed by atoms with Crippen LogP contribution in [0.4, 0.5) is 18.9 Å². The molecule has 0 bridgehead atoms. The van der Waals surface area contributed by atoms with E-state index in [1.807, 2.05) is 17.7 Å². The fourth-order valence-corrected chi connectivity index (χ4v) is 5.81. The van der Waals surface area contributed by atoms with E-state index in [1.165, 1.54) is 23.0 Å². The molecule has 5 rings (SSSR count). The van der Waals surface area contributed by atoms with Crippen LogP contribution in [-0.4, -0.2) is 71.0 Å². The number of nitrogens with one attached hydrogen (secondary N) is 1. The molecule has 1 unspecified atom stereocenters. The van der Waals surface area contributed by atoms with Crippen molar-refractivity contribution in [1.29, 1.82) is 0 Å². The molecule has 3 aromatic rings. The van der Waals surface area contributed by atoms with E-state index in [0.717, 1.165) is 55.1 Å². The van der Waals surface area contributed by atoms with Crippen LogP contribution in [0.15, 0.2) is 53.4 Å². The molecular formula is C29H34F3N5O4S. The first kappa shape index (κ1) is 31.2. The lowest BCUT2D eigenvalue weighted by Gasteiger charge is -2.30. The minimum atomic E-state index is -5.08. The summed E-state index contributed by atoms with van der Waals surface area (Å²) in [6.07, 6.45) is 0.364. The molecule has 2 aromatic carbocycles. The molecule has 0 spiro atoms. The van der Waals surface area contributed by atoms with Gasteiger partial charge in [0.25, 0.3) is 0 Å². The fourth-order valence-electron chi connectivity index (χ4n) is 5.15. The second kappa shape index (κ2) is 12.3. The van der Waals surface area contributed by atoms with Crippen molar-refractivity contribution in [3.05, 3.63) is 65.4 Å². The number of carboxylic acid groups (broad SMARTS) is 1. The summed E-state index contributed by atoms with van der Waals surface area (Å²) >= 11 is 0. The van der Waals surface area contributed by atoms with E-state index in [9.17, 15) is 21.6 Å². The highest BCUT2D eigenvalue weighted by molar-refractivity contribution is 7.90. The van der Waals surface area contributed by atoms with E-state index in [1.54, 1.807) is 18.2 Å². The molecule has 1 aromatic heterocycles. The van der Waals surface area contributed by atoms with Crippen LogP contribution < -0.4 is 5.32 Å². The molecule has 3 heterocycles. The monoisotopic (exact) mass is 605 g/mol. The summed E-state index contributed by atoms with van der Waals surface area (Å²) in [6.45, 7) is 9.27. The molecule has 1 atom stereocenters. The van der Waals surface area contributed by atoms with Gasteiger partial charge in [-0.25, -0.2) is 17.9 Å². The van der Waals surface area contributed by atoms with Crippen LogP contribution in [0.1, 0.15) is 49.6 Å². The van der Waals surface area contributed by atoms with Gasteiger partial charge in [0, 0.05) is 43.2 Å². The molecule has 2 aliphatic rings. The first-order chi connectivity index (χ1) is 19.6. The molecule has 9 nitrogen and oxygen atoms in total. The molecule has 0 radical (unpaired) electrons. The summed E-state index contributed by atoms with van der Waals surface area (Å²) in [5, 5.41) is 19.5. The number of aliphatic carboxylic acids is 1. The van der Waals surface area contributed by atoms with Crippen molar-refractivity contribution in [2.75, 3.05) is 24.7 Å². The molecule has 226 valence electrons. The average molecular weight is 606 g/mol. The van der Waals surface area contributed by atoms with Crippen molar-refractivity contribution in [3.8, 4) is 11.3 Å². The van der Waals surface area contributed by atoms with Crippen LogP contribution in [0.3, 0.4) is 0 Å². The number of sulfone groups is 1. The first-order valence-corrected chi connectivity index (χ1v) is 15.4. The van der Waals surface area contributed by atoms with Crippen LogP contribution in [0.5, 0.6) is 0 Å². The number of hydrogen-bond acceptors (Lipinski definition) is 7. The van der Waals surface area contributed by atoms with Crippen molar-refractivity contribution in [2.24, 2.45) is 0 Å². The Morgan fingerprint density at radius 1 is 1.14 bits per heavy atom. The van der Waals surface area contributed by atoms with Gasteiger partial charge in [0.05, 0.1) is 22.3 Å². The second-order valence-corrected chi connectivity index (χ2v) is 12.7. The van der Waals surface area contributed by atoms with E-state index in [0.29, 0.717) is 10.9 Å². The molecular weight excluding hydrogens is 571 g/mol. The van der Waals surface area contributed by atoms with Crippen LogP contribution in [0, 0.1) is 6.92 Å². The van der Waals surface area contributed by atoms with Gasteiger partial charge >= 0.3 is 12.1 Å². The van der Waals surface area contributed by atoms with E-state index in [2.05, 4.69) is 58.7 Å². The van der Waals surface area contributed by atoms with Gasteiger partial charge in [0.2, 0.25) is 0 Å². The number of halogens is 3. The highest BCUT2D eigenvalue weighted by Gasteiger charge is 2.38. The smallest absolute Gasteiger partial charge is 0.475 e. The molecule has 0 saturated heterocycles. The van der Waals surface area contributed by atoms with E-state index < -0.39 is 22.0 Å². The van der Waals surface area contributed by atoms with Crippen LogP contribution in [0.25, 0.3) is 16.8 Å². The molecule has 13 heteroatoms. The highest BCUT2D eigenvalue weighted by Crippen LogP contribution is 2.39. The number of nitrogens with zero attached hydrogens (tertiary/aromatic N) is 4. The predicted octanol–water partition coefficient (Wildman–Crippen LogP) is 5.34. The standard InChI is InChI=1S/C27H33N5O2S.C2HF3O2/c1-18(2)31-13-10-20(11-14-31)21-8-9-24-25(16-21)26(12-15-32-27(24)19(3)29-30-32)28-22-6-5-7-23(17-22)35(4,33)34;3-2(4,5)1(6)7/h5-10,16-18,26,28H,11-15H2,1-4H3;(H,6,7). The van der Waals surface area contributed by atoms with Crippen molar-refractivity contribution in [2.45, 2.75) is 63.3 Å². The van der Waals surface area contributed by atoms with Crippen LogP contribution >= 0.6 is 0 Å². The van der Waals surface area contributed by atoms with Crippen molar-refractivity contribution in [3.63, 3.8) is 0 Å². The Labute approximate surface area is 243 Å². The van der Waals surface area contributed by atoms with Crippen LogP contribution in [0.2, 0.25) is 0 Å². The zero-order valence-corrected chi connectivity index (χ0v) is 24.6. The number of alkyl halides is 3. The number of aryl methyl sites for hydroxylation is 2. The lowest BCUT2D eigenvalue weighted by molar-refractivity contribution is -0.192. The third-order valence-corrected chi connectivity index (χ3v) is 8.51. The number of hydrogen-bond donors (Lipinski definition) is 2. The summed E-state index contributed by atoms with van der Waals surface area (Å²) in [5.41, 5.74) is 7.74. The maximum atomic E-state index is 12.1. The van der Waals surface area contributed by atoms with E-state index in [-0.39, 0.29) is 6.04 Å². The minimum absolute atomic E-state index is 0.0113. The van der Waals surface area contributed by atoms with E-state index >= 15 is 0 Å². The number of carboxylic acids is 1. The van der Waals surface area contributed by atoms with Crippen molar-refractivity contribution in [1.82, 2.24) is 19.9 Å². The maximum absolute atomic E-state index is 12.1. The zero-order chi connectivity index (χ0) is 30.8. The average Bonchev–Trinajstić information content (AvgIpc) is 3.22. The molecule has 42 heavy (non-hydrogen) atoms. The summed E-state index contributed by atoms with van der Waals surface area (Å²) in [4.78, 5) is 11.7.